The molecule has 0 radical (unpaired) electrons. The number of hydrogen-bond acceptors (Lipinski definition) is 5. The van der Waals surface area contributed by atoms with Crippen molar-refractivity contribution in [1.82, 2.24) is 15.4 Å². The lowest BCUT2D eigenvalue weighted by Gasteiger charge is -2.17. The lowest BCUT2D eigenvalue weighted by atomic mass is 10.1. The van der Waals surface area contributed by atoms with Crippen LogP contribution in [0.3, 0.4) is 0 Å². The summed E-state index contributed by atoms with van der Waals surface area (Å²) in [5.41, 5.74) is 6.48. The van der Waals surface area contributed by atoms with Crippen LogP contribution in [-0.4, -0.2) is 48.6 Å². The third-order valence-corrected chi connectivity index (χ3v) is 4.14. The Morgan fingerprint density at radius 3 is 2.75 bits per heavy atom. The number of aromatic nitrogens is 1. The summed E-state index contributed by atoms with van der Waals surface area (Å²) < 4.78 is 18.6. The first-order valence-electron chi connectivity index (χ1n) is 8.92. The predicted molar refractivity (Wildman–Crippen MR) is 106 cm³/mol. The monoisotopic (exact) mass is 412 g/mol. The number of carbonyl (C=O) groups is 2. The minimum absolute atomic E-state index is 0. The summed E-state index contributed by atoms with van der Waals surface area (Å²) in [5, 5.41) is 6.44. The molecule has 0 spiro atoms. The lowest BCUT2D eigenvalue weighted by Crippen LogP contribution is -2.40. The van der Waals surface area contributed by atoms with Crippen LogP contribution < -0.4 is 11.1 Å². The molecule has 28 heavy (non-hydrogen) atoms. The maximum absolute atomic E-state index is 13.3. The van der Waals surface area contributed by atoms with E-state index in [2.05, 4.69) is 10.5 Å². The third kappa shape index (κ3) is 7.66. The van der Waals surface area contributed by atoms with E-state index in [1.807, 2.05) is 6.07 Å². The van der Waals surface area contributed by atoms with Crippen molar-refractivity contribution < 1.29 is 18.5 Å². The number of aryl methyl sites for hydroxylation is 1. The lowest BCUT2D eigenvalue weighted by molar-refractivity contribution is -0.131. The van der Waals surface area contributed by atoms with E-state index >= 15 is 0 Å². The van der Waals surface area contributed by atoms with Gasteiger partial charge in [0.05, 0.1) is 13.1 Å². The largest absolute Gasteiger partial charge is 0.361 e. The van der Waals surface area contributed by atoms with Crippen molar-refractivity contribution in [3.63, 3.8) is 0 Å². The second-order valence-corrected chi connectivity index (χ2v) is 6.30. The fraction of sp³-hybridized carbons (Fsp3) is 0.421. The van der Waals surface area contributed by atoms with Crippen LogP contribution in [0.5, 0.6) is 0 Å². The van der Waals surface area contributed by atoms with Crippen LogP contribution in [0.2, 0.25) is 0 Å². The van der Waals surface area contributed by atoms with Gasteiger partial charge in [-0.15, -0.1) is 12.4 Å². The van der Waals surface area contributed by atoms with Gasteiger partial charge < -0.3 is 20.5 Å². The maximum Gasteiger partial charge on any atom is 0.241 e. The van der Waals surface area contributed by atoms with Crippen molar-refractivity contribution in [2.45, 2.75) is 25.7 Å². The zero-order chi connectivity index (χ0) is 19.6. The quantitative estimate of drug-likeness (QED) is 0.582. The number of halogens is 2. The summed E-state index contributed by atoms with van der Waals surface area (Å²) in [5.74, 6) is -0.0466. The highest BCUT2D eigenvalue weighted by molar-refractivity contribution is 5.85. The van der Waals surface area contributed by atoms with Crippen LogP contribution in [0.15, 0.2) is 34.9 Å². The summed E-state index contributed by atoms with van der Waals surface area (Å²) in [6.07, 6.45) is 3.39. The Bertz CT molecular complexity index is 769. The van der Waals surface area contributed by atoms with Crippen LogP contribution in [-0.2, 0) is 16.0 Å². The summed E-state index contributed by atoms with van der Waals surface area (Å²) in [6, 6.07) is 8.05. The van der Waals surface area contributed by atoms with Crippen molar-refractivity contribution in [2.24, 2.45) is 5.73 Å². The molecule has 1 aromatic heterocycles. The zero-order valence-electron chi connectivity index (χ0n) is 15.8. The number of hydrogen-bond donors (Lipinski definition) is 2. The SMILES string of the molecule is CN(CCCCCc1cc(-c2cccc(F)c2)no1)C(=O)CNC(=O)CN.Cl. The molecule has 0 saturated carbocycles. The first-order valence-corrected chi connectivity index (χ1v) is 8.92. The van der Waals surface area contributed by atoms with Crippen LogP contribution in [0.4, 0.5) is 4.39 Å². The van der Waals surface area contributed by atoms with Gasteiger partial charge >= 0.3 is 0 Å². The van der Waals surface area contributed by atoms with Crippen molar-refractivity contribution in [2.75, 3.05) is 26.7 Å². The van der Waals surface area contributed by atoms with Crippen LogP contribution in [0.25, 0.3) is 11.3 Å². The topological polar surface area (TPSA) is 101 Å². The Balaban J connectivity index is 0.00000392. The highest BCUT2D eigenvalue weighted by atomic mass is 35.5. The number of nitrogens with two attached hydrogens (primary N) is 1. The van der Waals surface area contributed by atoms with E-state index in [0.717, 1.165) is 31.4 Å². The minimum atomic E-state index is -0.346. The Morgan fingerprint density at radius 1 is 1.25 bits per heavy atom. The number of unbranched alkanes of at least 4 members (excludes halogenated alkanes) is 2. The maximum atomic E-state index is 13.3. The third-order valence-electron chi connectivity index (χ3n) is 4.14. The summed E-state index contributed by atoms with van der Waals surface area (Å²) in [4.78, 5) is 24.5. The molecule has 1 aromatic carbocycles. The molecule has 0 aliphatic heterocycles. The molecule has 2 amide bonds. The van der Waals surface area contributed by atoms with Gasteiger partial charge in [0, 0.05) is 31.6 Å². The number of nitrogens with zero attached hydrogens (tertiary/aromatic N) is 2. The molecule has 1 heterocycles. The summed E-state index contributed by atoms with van der Waals surface area (Å²) >= 11 is 0. The molecular formula is C19H26ClFN4O3. The van der Waals surface area contributed by atoms with Crippen molar-refractivity contribution in [1.29, 1.82) is 0 Å². The van der Waals surface area contributed by atoms with Crippen molar-refractivity contribution in [3.05, 3.63) is 41.9 Å². The standard InChI is InChI=1S/C19H25FN4O3.ClH/c1-24(19(26)13-22-18(25)12-21)9-4-2-3-8-16-11-17(23-27-16)14-6-5-7-15(20)10-14;/h5-7,10-11H,2-4,8-9,12-13,21H2,1H3,(H,22,25);1H. The zero-order valence-corrected chi connectivity index (χ0v) is 16.6. The van der Waals surface area contributed by atoms with Gasteiger partial charge in [-0.1, -0.05) is 23.7 Å². The number of benzene rings is 1. The second-order valence-electron chi connectivity index (χ2n) is 6.30. The molecule has 3 N–H and O–H groups in total. The van der Waals surface area contributed by atoms with Crippen molar-refractivity contribution in [3.8, 4) is 11.3 Å². The van der Waals surface area contributed by atoms with E-state index in [4.69, 9.17) is 10.3 Å². The van der Waals surface area contributed by atoms with Gasteiger partial charge in [0.1, 0.15) is 17.3 Å². The molecule has 154 valence electrons. The van der Waals surface area contributed by atoms with Gasteiger partial charge in [-0.05, 0) is 25.0 Å². The fourth-order valence-corrected chi connectivity index (χ4v) is 2.55. The number of carbonyl (C=O) groups excluding carboxylic acids is 2. The smallest absolute Gasteiger partial charge is 0.241 e. The molecule has 2 aromatic rings. The first-order chi connectivity index (χ1) is 13.0. The van der Waals surface area contributed by atoms with E-state index in [1.54, 1.807) is 24.1 Å². The van der Waals surface area contributed by atoms with Gasteiger partial charge in [0.2, 0.25) is 11.8 Å². The molecule has 0 fully saturated rings. The van der Waals surface area contributed by atoms with Gasteiger partial charge in [-0.3, -0.25) is 9.59 Å². The molecule has 0 aliphatic rings. The highest BCUT2D eigenvalue weighted by Crippen LogP contribution is 2.20. The van der Waals surface area contributed by atoms with Gasteiger partial charge in [0.25, 0.3) is 0 Å². The van der Waals surface area contributed by atoms with Gasteiger partial charge in [-0.25, -0.2) is 4.39 Å². The fourth-order valence-electron chi connectivity index (χ4n) is 2.55. The molecule has 9 heteroatoms. The van der Waals surface area contributed by atoms with Gasteiger partial charge in [-0.2, -0.15) is 0 Å². The molecule has 0 bridgehead atoms. The molecule has 2 rings (SSSR count). The Hall–Kier alpha value is -2.45. The van der Waals surface area contributed by atoms with E-state index in [9.17, 15) is 14.0 Å². The first kappa shape index (κ1) is 23.6. The van der Waals surface area contributed by atoms with Crippen LogP contribution in [0.1, 0.15) is 25.0 Å². The average Bonchev–Trinajstić information content (AvgIpc) is 3.14. The number of rotatable bonds is 10. The molecule has 0 atom stereocenters. The number of nitrogens with one attached hydrogen (secondary N) is 1. The van der Waals surface area contributed by atoms with Gasteiger partial charge in [0.15, 0.2) is 0 Å². The summed E-state index contributed by atoms with van der Waals surface area (Å²) in [6.45, 7) is 0.454. The molecule has 7 nitrogen and oxygen atoms in total. The highest BCUT2D eigenvalue weighted by Gasteiger charge is 2.10. The number of amides is 2. The Kier molecular flexibility index (Phi) is 10.2. The molecule has 0 saturated heterocycles. The van der Waals surface area contributed by atoms with E-state index in [1.165, 1.54) is 12.1 Å². The normalized spacial score (nSPS) is 10.2. The number of likely N-dealkylation sites (N-methyl/N-ethyl adjacent to an activating group) is 1. The second kappa shape index (κ2) is 12.1. The average molecular weight is 413 g/mol. The van der Waals surface area contributed by atoms with E-state index < -0.39 is 0 Å². The Labute approximate surface area is 169 Å². The van der Waals surface area contributed by atoms with Crippen LogP contribution >= 0.6 is 12.4 Å². The Morgan fingerprint density at radius 2 is 2.04 bits per heavy atom. The molecular weight excluding hydrogens is 387 g/mol. The van der Waals surface area contributed by atoms with Crippen LogP contribution in [0, 0.1) is 5.82 Å². The molecule has 0 unspecified atom stereocenters. The van der Waals surface area contributed by atoms with Crippen molar-refractivity contribution >= 4 is 24.2 Å². The molecule has 0 aliphatic carbocycles. The summed E-state index contributed by atoms with van der Waals surface area (Å²) in [7, 11) is 1.71. The predicted octanol–water partition coefficient (Wildman–Crippen LogP) is 2.15. The minimum Gasteiger partial charge on any atom is -0.361 e. The van der Waals surface area contributed by atoms with E-state index in [-0.39, 0.29) is 43.1 Å². The van der Waals surface area contributed by atoms with E-state index in [0.29, 0.717) is 17.8 Å².